The van der Waals surface area contributed by atoms with Crippen molar-refractivity contribution in [3.05, 3.63) is 22.8 Å². The number of halogens is 3. The van der Waals surface area contributed by atoms with Crippen LogP contribution in [0.4, 0.5) is 12.9 Å². The van der Waals surface area contributed by atoms with Gasteiger partial charge in [-0.2, -0.15) is 0 Å². The van der Waals surface area contributed by atoms with Gasteiger partial charge in [0.15, 0.2) is 5.75 Å². The monoisotopic (exact) mass is 403 g/mol. The second-order valence-corrected chi connectivity index (χ2v) is 11.2. The summed E-state index contributed by atoms with van der Waals surface area (Å²) in [4.78, 5) is 0. The van der Waals surface area contributed by atoms with Crippen molar-refractivity contribution in [2.24, 2.45) is 0 Å². The summed E-state index contributed by atoms with van der Waals surface area (Å²) in [6, 6.07) is 2.27. The third-order valence-electron chi connectivity index (χ3n) is 5.31. The number of benzene rings is 1. The lowest BCUT2D eigenvalue weighted by molar-refractivity contribution is 0.400. The van der Waals surface area contributed by atoms with E-state index in [9.17, 15) is 12.9 Å². The molecule has 1 aliphatic rings. The Morgan fingerprint density at radius 3 is 1.85 bits per heavy atom. The van der Waals surface area contributed by atoms with Crippen molar-refractivity contribution >= 4 is 26.3 Å². The standard InChI is InChI=1S/C20H31O2P.BF3/c1-11(2)23(12(3)4)17-10-16(21-8)18-14(6)13(5)15(7)19(18)20(17)22-9;2-1(3)4/h10-12,14H,1-9H3;/p+1. The Morgan fingerprint density at radius 1 is 1.00 bits per heavy atom. The van der Waals surface area contributed by atoms with E-state index >= 15 is 0 Å². The van der Waals surface area contributed by atoms with E-state index in [4.69, 9.17) is 9.47 Å². The highest BCUT2D eigenvalue weighted by Crippen LogP contribution is 2.54. The molecule has 7 heteroatoms. The van der Waals surface area contributed by atoms with Crippen LogP contribution in [0.2, 0.25) is 0 Å². The third kappa shape index (κ3) is 5.02. The summed E-state index contributed by atoms with van der Waals surface area (Å²) >= 11 is 0. The van der Waals surface area contributed by atoms with Gasteiger partial charge in [0.25, 0.3) is 0 Å². The van der Waals surface area contributed by atoms with Gasteiger partial charge in [0, 0.05) is 31.0 Å². The fraction of sp³-hybridized carbons (Fsp3) is 0.600. The van der Waals surface area contributed by atoms with E-state index in [1.165, 1.54) is 27.6 Å². The Balaban J connectivity index is 0.000000828. The van der Waals surface area contributed by atoms with Gasteiger partial charge in [-0.25, -0.2) is 0 Å². The van der Waals surface area contributed by atoms with Gasteiger partial charge >= 0.3 is 7.54 Å². The molecule has 1 atom stereocenters. The zero-order valence-corrected chi connectivity index (χ0v) is 18.8. The molecule has 0 aliphatic heterocycles. The number of hydrogen-bond acceptors (Lipinski definition) is 2. The topological polar surface area (TPSA) is 18.5 Å². The average Bonchev–Trinajstić information content (AvgIpc) is 2.78. The molecular formula is C20H32BF3O2P+. The second-order valence-electron chi connectivity index (χ2n) is 7.49. The van der Waals surface area contributed by atoms with E-state index < -0.39 is 15.5 Å². The zero-order valence-electron chi connectivity index (χ0n) is 17.8. The van der Waals surface area contributed by atoms with Crippen molar-refractivity contribution in [2.45, 2.75) is 65.7 Å². The van der Waals surface area contributed by atoms with Crippen LogP contribution in [0.3, 0.4) is 0 Å². The molecule has 1 aliphatic carbocycles. The Bertz CT molecular complexity index is 680. The minimum absolute atomic E-state index is 0.400. The van der Waals surface area contributed by atoms with Gasteiger partial charge in [0.2, 0.25) is 0 Å². The highest BCUT2D eigenvalue weighted by Gasteiger charge is 2.38. The minimum Gasteiger partial charge on any atom is -0.496 e. The maximum atomic E-state index is 9.67. The molecule has 0 fully saturated rings. The van der Waals surface area contributed by atoms with Crippen LogP contribution in [0.25, 0.3) is 5.57 Å². The number of methoxy groups -OCH3 is 2. The molecule has 1 unspecified atom stereocenters. The zero-order chi connectivity index (χ0) is 21.0. The second kappa shape index (κ2) is 9.86. The van der Waals surface area contributed by atoms with Crippen LogP contribution in [0.15, 0.2) is 11.6 Å². The maximum Gasteiger partial charge on any atom is 0.762 e. The lowest BCUT2D eigenvalue weighted by Gasteiger charge is -2.24. The quantitative estimate of drug-likeness (QED) is 0.434. The third-order valence-corrected chi connectivity index (χ3v) is 8.79. The van der Waals surface area contributed by atoms with Crippen molar-refractivity contribution in [2.75, 3.05) is 14.2 Å². The maximum absolute atomic E-state index is 9.67. The van der Waals surface area contributed by atoms with Crippen LogP contribution in [-0.2, 0) is 0 Å². The summed E-state index contributed by atoms with van der Waals surface area (Å²) in [6.45, 7) is 16.1. The summed E-state index contributed by atoms with van der Waals surface area (Å²) in [5.41, 5.74) is 6.68. The van der Waals surface area contributed by atoms with Crippen LogP contribution in [-0.4, -0.2) is 33.1 Å². The van der Waals surface area contributed by atoms with Crippen molar-refractivity contribution in [1.29, 1.82) is 0 Å². The first-order valence-electron chi connectivity index (χ1n) is 9.25. The molecule has 0 N–H and O–H groups in total. The van der Waals surface area contributed by atoms with Crippen molar-refractivity contribution in [1.82, 2.24) is 0 Å². The molecular weight excluding hydrogens is 371 g/mol. The van der Waals surface area contributed by atoms with Gasteiger partial charge < -0.3 is 9.47 Å². The molecule has 152 valence electrons. The molecule has 0 aromatic heterocycles. The van der Waals surface area contributed by atoms with Gasteiger partial charge in [0.1, 0.15) is 11.1 Å². The molecule has 0 heterocycles. The van der Waals surface area contributed by atoms with Crippen LogP contribution >= 0.6 is 7.92 Å². The van der Waals surface area contributed by atoms with Gasteiger partial charge in [-0.15, -0.1) is 0 Å². The predicted molar refractivity (Wildman–Crippen MR) is 114 cm³/mol. The molecule has 0 saturated heterocycles. The fourth-order valence-electron chi connectivity index (χ4n) is 4.08. The molecule has 0 radical (unpaired) electrons. The summed E-state index contributed by atoms with van der Waals surface area (Å²) in [6.07, 6.45) is 0. The van der Waals surface area contributed by atoms with E-state index in [0.29, 0.717) is 17.2 Å². The molecule has 2 rings (SSSR count). The summed E-state index contributed by atoms with van der Waals surface area (Å²) in [7, 11) is -0.795. The van der Waals surface area contributed by atoms with Crippen molar-refractivity contribution in [3.8, 4) is 11.5 Å². The van der Waals surface area contributed by atoms with E-state index in [-0.39, 0.29) is 0 Å². The first-order chi connectivity index (χ1) is 12.5. The lowest BCUT2D eigenvalue weighted by Crippen LogP contribution is -2.19. The Morgan fingerprint density at radius 2 is 1.48 bits per heavy atom. The van der Waals surface area contributed by atoms with Crippen LogP contribution in [0.1, 0.15) is 65.5 Å². The first kappa shape index (κ1) is 23.9. The average molecular weight is 403 g/mol. The van der Waals surface area contributed by atoms with Gasteiger partial charge in [0.05, 0.1) is 25.5 Å². The van der Waals surface area contributed by atoms with Gasteiger partial charge in [-0.05, 0) is 47.1 Å². The SMILES string of the molecule is COc1cc([PH+](C(C)C)C(C)C)c(OC)c2c1C(C)C(C)=C2C.FB(F)F. The number of rotatable bonds is 5. The first-order valence-corrected chi connectivity index (χ1v) is 10.9. The highest BCUT2D eigenvalue weighted by molar-refractivity contribution is 7.67. The van der Waals surface area contributed by atoms with Gasteiger partial charge in [-0.1, -0.05) is 12.5 Å². The molecule has 0 spiro atoms. The van der Waals surface area contributed by atoms with E-state index in [2.05, 4.69) is 54.5 Å². The lowest BCUT2D eigenvalue weighted by atomic mass is 9.97. The van der Waals surface area contributed by atoms with Crippen LogP contribution < -0.4 is 14.8 Å². The Labute approximate surface area is 163 Å². The normalized spacial score (nSPS) is 15.9. The summed E-state index contributed by atoms with van der Waals surface area (Å²) in [5.74, 6) is 2.53. The fourth-order valence-corrected chi connectivity index (χ4v) is 7.44. The van der Waals surface area contributed by atoms with Crippen LogP contribution in [0.5, 0.6) is 11.5 Å². The van der Waals surface area contributed by atoms with E-state index in [0.717, 1.165) is 11.5 Å². The molecule has 0 bridgehead atoms. The Hall–Kier alpha value is -1.16. The molecule has 1 aromatic carbocycles. The largest absolute Gasteiger partial charge is 0.762 e. The van der Waals surface area contributed by atoms with Crippen molar-refractivity contribution < 1.29 is 22.4 Å². The molecule has 0 amide bonds. The van der Waals surface area contributed by atoms with Gasteiger partial charge in [-0.3, -0.25) is 12.9 Å². The summed E-state index contributed by atoms with van der Waals surface area (Å²) in [5, 5.41) is 1.39. The van der Waals surface area contributed by atoms with E-state index in [1.807, 2.05) is 7.11 Å². The Kier molecular flexibility index (Phi) is 8.72. The predicted octanol–water partition coefficient (Wildman–Crippen LogP) is 6.15. The molecule has 2 nitrogen and oxygen atoms in total. The smallest absolute Gasteiger partial charge is 0.496 e. The number of ether oxygens (including phenoxy) is 2. The number of hydrogen-bond donors (Lipinski definition) is 0. The molecule has 0 saturated carbocycles. The molecule has 1 aromatic rings. The van der Waals surface area contributed by atoms with Crippen LogP contribution in [0, 0.1) is 0 Å². The molecule has 27 heavy (non-hydrogen) atoms. The minimum atomic E-state index is -3.67. The summed E-state index contributed by atoms with van der Waals surface area (Å²) < 4.78 is 40.8. The number of fused-ring (bicyclic) bond motifs is 1. The van der Waals surface area contributed by atoms with E-state index in [1.54, 1.807) is 7.11 Å². The van der Waals surface area contributed by atoms with Crippen molar-refractivity contribution in [3.63, 3.8) is 0 Å². The number of allylic oxidation sites excluding steroid dienone is 2. The highest BCUT2D eigenvalue weighted by atomic mass is 31.1.